The normalized spacial score (nSPS) is 24.6. The summed E-state index contributed by atoms with van der Waals surface area (Å²) in [5.41, 5.74) is 4.01. The molecule has 5 amide bonds. The van der Waals surface area contributed by atoms with Crippen molar-refractivity contribution in [1.82, 2.24) is 25.2 Å². The van der Waals surface area contributed by atoms with Gasteiger partial charge < -0.3 is 26.6 Å². The third-order valence-electron chi connectivity index (χ3n) is 8.72. The summed E-state index contributed by atoms with van der Waals surface area (Å²) >= 11 is 0. The van der Waals surface area contributed by atoms with Crippen molar-refractivity contribution in [2.45, 2.75) is 105 Å². The van der Waals surface area contributed by atoms with E-state index in [1.807, 2.05) is 27.7 Å². The van der Waals surface area contributed by atoms with Crippen LogP contribution in [0.4, 0.5) is 4.79 Å². The van der Waals surface area contributed by atoms with Crippen LogP contribution >= 0.6 is 0 Å². The molecule has 14 heteroatoms. The number of rotatable bonds is 11. The van der Waals surface area contributed by atoms with Gasteiger partial charge in [0.05, 0.1) is 11.8 Å². The van der Waals surface area contributed by atoms with Gasteiger partial charge in [0.2, 0.25) is 27.6 Å². The van der Waals surface area contributed by atoms with Crippen LogP contribution in [0.1, 0.15) is 80.6 Å². The van der Waals surface area contributed by atoms with E-state index in [1.54, 1.807) is 20.8 Å². The van der Waals surface area contributed by atoms with E-state index in [9.17, 15) is 32.4 Å². The van der Waals surface area contributed by atoms with Crippen LogP contribution in [0.2, 0.25) is 0 Å². The molecule has 0 aromatic carbocycles. The lowest BCUT2D eigenvalue weighted by Crippen LogP contribution is -2.62. The number of primary amides is 1. The van der Waals surface area contributed by atoms with Gasteiger partial charge in [0.25, 0.3) is 5.91 Å². The number of nitrogens with one attached hydrogen (secondary N) is 3. The molecule has 2 saturated heterocycles. The van der Waals surface area contributed by atoms with Gasteiger partial charge in [-0.2, -0.15) is 4.31 Å². The lowest BCUT2D eigenvalue weighted by molar-refractivity contribution is -0.144. The van der Waals surface area contributed by atoms with Crippen molar-refractivity contribution in [1.29, 1.82) is 0 Å². The van der Waals surface area contributed by atoms with Crippen molar-refractivity contribution >= 4 is 39.6 Å². The van der Waals surface area contributed by atoms with E-state index in [0.717, 1.165) is 12.8 Å². The molecule has 5 N–H and O–H groups in total. The van der Waals surface area contributed by atoms with Gasteiger partial charge >= 0.3 is 6.03 Å². The van der Waals surface area contributed by atoms with Crippen molar-refractivity contribution in [2.24, 2.45) is 28.4 Å². The van der Waals surface area contributed by atoms with Crippen LogP contribution in [0.3, 0.4) is 0 Å². The Bertz CT molecular complexity index is 1200. The molecular weight excluding hydrogens is 576 g/mol. The Labute approximate surface area is 255 Å². The summed E-state index contributed by atoms with van der Waals surface area (Å²) in [6.45, 7) is 13.8. The van der Waals surface area contributed by atoms with Gasteiger partial charge in [0, 0.05) is 25.7 Å². The van der Waals surface area contributed by atoms with Gasteiger partial charge in [-0.15, -0.1) is 0 Å². The maximum absolute atomic E-state index is 14.0. The number of hydrogen-bond acceptors (Lipinski definition) is 7. The summed E-state index contributed by atoms with van der Waals surface area (Å²) in [7, 11) is -3.37. The van der Waals surface area contributed by atoms with Crippen LogP contribution in [0.25, 0.3) is 0 Å². The van der Waals surface area contributed by atoms with Gasteiger partial charge in [-0.05, 0) is 41.9 Å². The van der Waals surface area contributed by atoms with Crippen LogP contribution in [-0.2, 0) is 29.2 Å². The highest BCUT2D eigenvalue weighted by molar-refractivity contribution is 7.89. The molecule has 0 spiro atoms. The monoisotopic (exact) mass is 626 g/mol. The Hall–Kier alpha value is -2.74. The van der Waals surface area contributed by atoms with Gasteiger partial charge in [-0.3, -0.25) is 19.2 Å². The topological polar surface area (TPSA) is 188 Å². The van der Waals surface area contributed by atoms with Crippen LogP contribution < -0.4 is 21.7 Å². The molecule has 13 nitrogen and oxygen atoms in total. The minimum absolute atomic E-state index is 0.0810. The maximum atomic E-state index is 14.0. The Kier molecular flexibility index (Phi) is 10.6. The van der Waals surface area contributed by atoms with E-state index in [2.05, 4.69) is 16.0 Å². The maximum Gasteiger partial charge on any atom is 0.315 e. The molecule has 0 aromatic heterocycles. The number of carbonyl (C=O) groups is 5. The molecule has 3 rings (SSSR count). The van der Waals surface area contributed by atoms with E-state index >= 15 is 0 Å². The van der Waals surface area contributed by atoms with Crippen molar-refractivity contribution in [3.63, 3.8) is 0 Å². The zero-order valence-corrected chi connectivity index (χ0v) is 27.4. The Morgan fingerprint density at radius 1 is 0.907 bits per heavy atom. The van der Waals surface area contributed by atoms with Gasteiger partial charge in [-0.1, -0.05) is 61.3 Å². The largest absolute Gasteiger partial charge is 0.363 e. The van der Waals surface area contributed by atoms with Crippen molar-refractivity contribution < 1.29 is 32.4 Å². The molecule has 5 atom stereocenters. The minimum Gasteiger partial charge on any atom is -0.363 e. The zero-order valence-electron chi connectivity index (χ0n) is 26.6. The smallest absolute Gasteiger partial charge is 0.315 e. The molecule has 0 aromatic rings. The number of Topliss-reactive ketones (excluding diaryl/α,β-unsaturated/α-hetero) is 1. The summed E-state index contributed by atoms with van der Waals surface area (Å²) in [5.74, 6) is -2.85. The minimum atomic E-state index is -3.37. The number of amides is 5. The molecule has 43 heavy (non-hydrogen) atoms. The third kappa shape index (κ3) is 8.90. The fourth-order valence-corrected chi connectivity index (χ4v) is 7.26. The van der Waals surface area contributed by atoms with Crippen molar-refractivity contribution in [2.75, 3.05) is 25.4 Å². The van der Waals surface area contributed by atoms with E-state index in [4.69, 9.17) is 5.73 Å². The lowest BCUT2D eigenvalue weighted by atomic mass is 9.85. The predicted octanol–water partition coefficient (Wildman–Crippen LogP) is 0.727. The molecule has 1 unspecified atom stereocenters. The molecule has 3 aliphatic rings. The number of carbonyl (C=O) groups excluding carboxylic acids is 5. The summed E-state index contributed by atoms with van der Waals surface area (Å²) in [6, 6.07) is -4.11. The SMILES string of the molecule is C[C@H]1CCN(C(=O)[C@@H](NC(=O)N[C@H](CN2CCCS2(=O)=O)C(C)(C)C)C(C)(C)C)[C@@H]1C(=O)NC(CC1CC1)C(=O)C(N)=O. The number of hydrogen-bond donors (Lipinski definition) is 4. The lowest BCUT2D eigenvalue weighted by Gasteiger charge is -2.38. The molecule has 0 bridgehead atoms. The first-order valence-corrected chi connectivity index (χ1v) is 16.8. The van der Waals surface area contributed by atoms with E-state index in [0.29, 0.717) is 25.8 Å². The standard InChI is InChI=1S/C29H50N6O7S/c1-17-11-13-35(21(17)25(38)31-19(15-18-9-10-18)22(36)24(30)37)26(39)23(29(5,6)7)33-27(40)32-20(28(2,3)4)16-34-12-8-14-43(34,41)42/h17-21,23H,8-16H2,1-7H3,(H2,30,37)(H,31,38)(H2,32,33,40)/t17-,19?,20+,21-,23+/m0/s1. The predicted molar refractivity (Wildman–Crippen MR) is 161 cm³/mol. The average molecular weight is 627 g/mol. The molecule has 0 radical (unpaired) electrons. The number of likely N-dealkylation sites (tertiary alicyclic amines) is 1. The van der Waals surface area contributed by atoms with Gasteiger partial charge in [-0.25, -0.2) is 13.2 Å². The number of urea groups is 1. The highest BCUT2D eigenvalue weighted by Gasteiger charge is 2.46. The van der Waals surface area contributed by atoms with Gasteiger partial charge in [0.1, 0.15) is 12.1 Å². The fourth-order valence-electron chi connectivity index (χ4n) is 5.72. The number of ketones is 1. The first-order chi connectivity index (χ1) is 19.7. The quantitative estimate of drug-likeness (QED) is 0.243. The van der Waals surface area contributed by atoms with E-state index in [-0.39, 0.29) is 30.7 Å². The summed E-state index contributed by atoms with van der Waals surface area (Å²) in [4.78, 5) is 66.4. The Morgan fingerprint density at radius 2 is 1.53 bits per heavy atom. The molecule has 244 valence electrons. The molecule has 1 aliphatic carbocycles. The second-order valence-corrected chi connectivity index (χ2v) is 16.7. The third-order valence-corrected chi connectivity index (χ3v) is 10.6. The molecular formula is C29H50N6O7S. The van der Waals surface area contributed by atoms with Crippen molar-refractivity contribution in [3.8, 4) is 0 Å². The van der Waals surface area contributed by atoms with Crippen molar-refractivity contribution in [3.05, 3.63) is 0 Å². The number of sulfonamides is 1. The molecule has 2 aliphatic heterocycles. The fraction of sp³-hybridized carbons (Fsp3) is 0.828. The van der Waals surface area contributed by atoms with E-state index in [1.165, 1.54) is 9.21 Å². The molecule has 1 saturated carbocycles. The number of nitrogens with two attached hydrogens (primary N) is 1. The Balaban J connectivity index is 1.76. The van der Waals surface area contributed by atoms with Crippen LogP contribution in [0.15, 0.2) is 0 Å². The zero-order chi connectivity index (χ0) is 32.5. The highest BCUT2D eigenvalue weighted by atomic mass is 32.2. The van der Waals surface area contributed by atoms with E-state index < -0.39 is 74.6 Å². The summed E-state index contributed by atoms with van der Waals surface area (Å²) < 4.78 is 26.3. The number of nitrogens with zero attached hydrogens (tertiary/aromatic N) is 2. The summed E-state index contributed by atoms with van der Waals surface area (Å²) in [5, 5.41) is 8.40. The van der Waals surface area contributed by atoms with Crippen LogP contribution in [-0.4, -0.2) is 96.7 Å². The Morgan fingerprint density at radius 3 is 2.02 bits per heavy atom. The van der Waals surface area contributed by atoms with Gasteiger partial charge in [0.15, 0.2) is 0 Å². The average Bonchev–Trinajstić information content (AvgIpc) is 3.51. The van der Waals surface area contributed by atoms with Crippen LogP contribution in [0.5, 0.6) is 0 Å². The molecule has 2 heterocycles. The first-order valence-electron chi connectivity index (χ1n) is 15.2. The van der Waals surface area contributed by atoms with Crippen LogP contribution in [0, 0.1) is 22.7 Å². The summed E-state index contributed by atoms with van der Waals surface area (Å²) in [6.07, 6.45) is 3.22. The second-order valence-electron chi connectivity index (χ2n) is 14.6. The second kappa shape index (κ2) is 13.1. The molecule has 3 fully saturated rings. The first kappa shape index (κ1) is 34.7. The highest BCUT2D eigenvalue weighted by Crippen LogP contribution is 2.34.